The van der Waals surface area contributed by atoms with Crippen molar-refractivity contribution < 1.29 is 4.79 Å². The standard InChI is InChI=1S/C19H23N3O/c20-19(23)17-14-22(13-15-7-3-1-4-8-15)12-11-18(17)21-16-9-5-2-6-10-16/h1-10,17-18,21H,11-14H2,(H2,20,23)/t17-,18-/m1/s1. The summed E-state index contributed by atoms with van der Waals surface area (Å²) in [7, 11) is 0. The van der Waals surface area contributed by atoms with Crippen molar-refractivity contribution in [1.82, 2.24) is 4.90 Å². The second kappa shape index (κ2) is 7.29. The number of primary amides is 1. The molecule has 0 radical (unpaired) electrons. The van der Waals surface area contributed by atoms with E-state index in [1.54, 1.807) is 0 Å². The topological polar surface area (TPSA) is 58.4 Å². The molecule has 4 nitrogen and oxygen atoms in total. The van der Waals surface area contributed by atoms with Crippen LogP contribution in [0.25, 0.3) is 0 Å². The number of likely N-dealkylation sites (tertiary alicyclic amines) is 1. The summed E-state index contributed by atoms with van der Waals surface area (Å²) in [6.45, 7) is 2.53. The van der Waals surface area contributed by atoms with Crippen LogP contribution in [-0.4, -0.2) is 29.9 Å². The highest BCUT2D eigenvalue weighted by atomic mass is 16.1. The Kier molecular flexibility index (Phi) is 4.93. The molecule has 4 heteroatoms. The molecule has 2 aromatic carbocycles. The lowest BCUT2D eigenvalue weighted by Crippen LogP contribution is -2.51. The molecule has 0 saturated carbocycles. The summed E-state index contributed by atoms with van der Waals surface area (Å²) < 4.78 is 0. The zero-order valence-electron chi connectivity index (χ0n) is 13.2. The Bertz CT molecular complexity index is 630. The molecule has 2 aromatic rings. The molecule has 0 bridgehead atoms. The molecule has 120 valence electrons. The van der Waals surface area contributed by atoms with Gasteiger partial charge in [-0.15, -0.1) is 0 Å². The van der Waals surface area contributed by atoms with Crippen molar-refractivity contribution in [2.45, 2.75) is 19.0 Å². The van der Waals surface area contributed by atoms with Crippen LogP contribution >= 0.6 is 0 Å². The van der Waals surface area contributed by atoms with Crippen LogP contribution in [0.5, 0.6) is 0 Å². The Morgan fingerprint density at radius 1 is 1.09 bits per heavy atom. The molecule has 1 saturated heterocycles. The van der Waals surface area contributed by atoms with Crippen molar-refractivity contribution in [3.8, 4) is 0 Å². The number of benzene rings is 2. The first kappa shape index (κ1) is 15.6. The molecule has 0 unspecified atom stereocenters. The first-order chi connectivity index (χ1) is 11.2. The van der Waals surface area contributed by atoms with Gasteiger partial charge in [-0.05, 0) is 24.1 Å². The second-order valence-electron chi connectivity index (χ2n) is 6.14. The van der Waals surface area contributed by atoms with E-state index in [1.165, 1.54) is 5.56 Å². The first-order valence-electron chi connectivity index (χ1n) is 8.09. The number of hydrogen-bond acceptors (Lipinski definition) is 3. The number of rotatable bonds is 5. The number of amides is 1. The lowest BCUT2D eigenvalue weighted by Gasteiger charge is -2.38. The zero-order chi connectivity index (χ0) is 16.1. The minimum atomic E-state index is -0.226. The maximum absolute atomic E-state index is 11.9. The van der Waals surface area contributed by atoms with Crippen LogP contribution in [0.1, 0.15) is 12.0 Å². The van der Waals surface area contributed by atoms with Gasteiger partial charge in [0.1, 0.15) is 0 Å². The van der Waals surface area contributed by atoms with Crippen LogP contribution < -0.4 is 11.1 Å². The van der Waals surface area contributed by atoms with E-state index in [0.717, 1.165) is 25.2 Å². The summed E-state index contributed by atoms with van der Waals surface area (Å²) in [4.78, 5) is 14.2. The van der Waals surface area contributed by atoms with Gasteiger partial charge in [-0.3, -0.25) is 9.69 Å². The number of nitrogens with zero attached hydrogens (tertiary/aromatic N) is 1. The fraction of sp³-hybridized carbons (Fsp3) is 0.316. The summed E-state index contributed by atoms with van der Waals surface area (Å²) in [5.74, 6) is -0.399. The summed E-state index contributed by atoms with van der Waals surface area (Å²) in [6.07, 6.45) is 0.912. The number of nitrogens with one attached hydrogen (secondary N) is 1. The molecule has 0 aliphatic carbocycles. The van der Waals surface area contributed by atoms with E-state index in [2.05, 4.69) is 22.3 Å². The Balaban J connectivity index is 1.65. The Morgan fingerprint density at radius 2 is 1.74 bits per heavy atom. The molecule has 1 aliphatic heterocycles. The van der Waals surface area contributed by atoms with Crippen LogP contribution in [0.3, 0.4) is 0 Å². The van der Waals surface area contributed by atoms with Crippen LogP contribution in [-0.2, 0) is 11.3 Å². The minimum Gasteiger partial charge on any atom is -0.381 e. The number of carbonyl (C=O) groups is 1. The normalized spacial score (nSPS) is 21.7. The van der Waals surface area contributed by atoms with Gasteiger partial charge in [-0.2, -0.15) is 0 Å². The molecule has 1 amide bonds. The maximum Gasteiger partial charge on any atom is 0.223 e. The lowest BCUT2D eigenvalue weighted by molar-refractivity contribution is -0.123. The number of piperidine rings is 1. The maximum atomic E-state index is 11.9. The Morgan fingerprint density at radius 3 is 2.39 bits per heavy atom. The van der Waals surface area contributed by atoms with E-state index in [0.29, 0.717) is 6.54 Å². The molecule has 1 aliphatic rings. The highest BCUT2D eigenvalue weighted by Crippen LogP contribution is 2.22. The van der Waals surface area contributed by atoms with Gasteiger partial charge in [0.15, 0.2) is 0 Å². The summed E-state index contributed by atoms with van der Waals surface area (Å²) in [5, 5.41) is 3.47. The van der Waals surface area contributed by atoms with Crippen molar-refractivity contribution in [2.75, 3.05) is 18.4 Å². The first-order valence-corrected chi connectivity index (χ1v) is 8.09. The van der Waals surface area contributed by atoms with Crippen molar-refractivity contribution >= 4 is 11.6 Å². The molecule has 0 aromatic heterocycles. The van der Waals surface area contributed by atoms with E-state index < -0.39 is 0 Å². The average Bonchev–Trinajstić information content (AvgIpc) is 2.58. The van der Waals surface area contributed by atoms with Crippen LogP contribution in [0, 0.1) is 5.92 Å². The number of carbonyl (C=O) groups excluding carboxylic acids is 1. The predicted molar refractivity (Wildman–Crippen MR) is 92.9 cm³/mol. The molecule has 2 atom stereocenters. The van der Waals surface area contributed by atoms with Gasteiger partial charge in [-0.25, -0.2) is 0 Å². The summed E-state index contributed by atoms with van der Waals surface area (Å²) in [5.41, 5.74) is 7.97. The molecular weight excluding hydrogens is 286 g/mol. The molecule has 1 heterocycles. The quantitative estimate of drug-likeness (QED) is 0.892. The van der Waals surface area contributed by atoms with Gasteiger partial charge in [0, 0.05) is 31.4 Å². The second-order valence-corrected chi connectivity index (χ2v) is 6.14. The fourth-order valence-electron chi connectivity index (χ4n) is 3.21. The smallest absolute Gasteiger partial charge is 0.223 e. The van der Waals surface area contributed by atoms with Gasteiger partial charge in [0.05, 0.1) is 5.92 Å². The van der Waals surface area contributed by atoms with Crippen LogP contribution in [0.2, 0.25) is 0 Å². The van der Waals surface area contributed by atoms with E-state index in [-0.39, 0.29) is 17.9 Å². The number of nitrogens with two attached hydrogens (primary N) is 1. The third-order valence-corrected chi connectivity index (χ3v) is 4.44. The van der Waals surface area contributed by atoms with Crippen LogP contribution in [0.15, 0.2) is 60.7 Å². The van der Waals surface area contributed by atoms with Crippen molar-refractivity contribution in [3.05, 3.63) is 66.2 Å². The number of anilines is 1. The third-order valence-electron chi connectivity index (χ3n) is 4.44. The summed E-state index contributed by atoms with van der Waals surface area (Å²) in [6, 6.07) is 20.5. The molecule has 3 N–H and O–H groups in total. The third kappa shape index (κ3) is 4.11. The Hall–Kier alpha value is -2.33. The Labute approximate surface area is 137 Å². The highest BCUT2D eigenvalue weighted by molar-refractivity contribution is 5.78. The van der Waals surface area contributed by atoms with E-state index in [4.69, 9.17) is 5.73 Å². The van der Waals surface area contributed by atoms with Gasteiger partial charge < -0.3 is 11.1 Å². The van der Waals surface area contributed by atoms with Crippen molar-refractivity contribution in [2.24, 2.45) is 11.7 Å². The van der Waals surface area contributed by atoms with Gasteiger partial charge in [-0.1, -0.05) is 48.5 Å². The van der Waals surface area contributed by atoms with Crippen LogP contribution in [0.4, 0.5) is 5.69 Å². The average molecular weight is 309 g/mol. The molecular formula is C19H23N3O. The van der Waals surface area contributed by atoms with Gasteiger partial charge in [0.2, 0.25) is 5.91 Å². The largest absolute Gasteiger partial charge is 0.381 e. The lowest BCUT2D eigenvalue weighted by atomic mass is 9.91. The number of para-hydroxylation sites is 1. The highest BCUT2D eigenvalue weighted by Gasteiger charge is 2.33. The zero-order valence-corrected chi connectivity index (χ0v) is 13.2. The fourth-order valence-corrected chi connectivity index (χ4v) is 3.21. The predicted octanol–water partition coefficient (Wildman–Crippen LogP) is 2.47. The summed E-state index contributed by atoms with van der Waals surface area (Å²) >= 11 is 0. The van der Waals surface area contributed by atoms with Crippen molar-refractivity contribution in [1.29, 1.82) is 0 Å². The molecule has 0 spiro atoms. The van der Waals surface area contributed by atoms with E-state index >= 15 is 0 Å². The molecule has 3 rings (SSSR count). The van der Waals surface area contributed by atoms with E-state index in [1.807, 2.05) is 48.5 Å². The SMILES string of the molecule is NC(=O)[C@@H]1CN(Cc2ccccc2)CC[C@H]1Nc1ccccc1. The number of hydrogen-bond donors (Lipinski definition) is 2. The van der Waals surface area contributed by atoms with Gasteiger partial charge >= 0.3 is 0 Å². The molecule has 23 heavy (non-hydrogen) atoms. The van der Waals surface area contributed by atoms with E-state index in [9.17, 15) is 4.79 Å². The molecule has 1 fully saturated rings. The minimum absolute atomic E-state index is 0.0990. The van der Waals surface area contributed by atoms with Gasteiger partial charge in [0.25, 0.3) is 0 Å². The van der Waals surface area contributed by atoms with Crippen molar-refractivity contribution in [3.63, 3.8) is 0 Å². The monoisotopic (exact) mass is 309 g/mol.